The number of halogens is 1. The monoisotopic (exact) mass is 374 g/mol. The van der Waals surface area contributed by atoms with Crippen LogP contribution in [-0.2, 0) is 4.74 Å². The summed E-state index contributed by atoms with van der Waals surface area (Å²) in [5.74, 6) is -0.606. The molecule has 3 rings (SSSR count). The molecule has 0 bridgehead atoms. The predicted octanol–water partition coefficient (Wildman–Crippen LogP) is 4.41. The molecule has 26 heavy (non-hydrogen) atoms. The smallest absolute Gasteiger partial charge is 0.313 e. The number of phenolic OH excluding ortho intramolecular Hbond substituents is 1. The maximum absolute atomic E-state index is 12.7. The lowest BCUT2D eigenvalue weighted by molar-refractivity contribution is -0.385. The summed E-state index contributed by atoms with van der Waals surface area (Å²) in [7, 11) is 0. The molecule has 0 unspecified atom stereocenters. The lowest BCUT2D eigenvalue weighted by atomic mass is 10.0. The maximum Gasteiger partial charge on any atom is 0.313 e. The van der Waals surface area contributed by atoms with E-state index < -0.39 is 22.3 Å². The van der Waals surface area contributed by atoms with Crippen molar-refractivity contribution >= 4 is 23.2 Å². The van der Waals surface area contributed by atoms with E-state index in [1.54, 1.807) is 0 Å². The van der Waals surface area contributed by atoms with E-state index in [1.807, 2.05) is 12.2 Å². The van der Waals surface area contributed by atoms with Gasteiger partial charge in [0.25, 0.3) is 5.91 Å². The van der Waals surface area contributed by atoms with E-state index in [-0.39, 0.29) is 10.6 Å². The van der Waals surface area contributed by atoms with Gasteiger partial charge in [-0.3, -0.25) is 19.8 Å². The van der Waals surface area contributed by atoms with Gasteiger partial charge >= 0.3 is 5.69 Å². The zero-order valence-corrected chi connectivity index (χ0v) is 14.3. The molecule has 1 aromatic rings. The summed E-state index contributed by atoms with van der Waals surface area (Å²) in [6, 6.07) is 2.19. The van der Waals surface area contributed by atoms with Crippen LogP contribution in [0.1, 0.15) is 29.6 Å². The van der Waals surface area contributed by atoms with Crippen molar-refractivity contribution in [2.45, 2.75) is 19.3 Å². The van der Waals surface area contributed by atoms with Crippen LogP contribution in [0.25, 0.3) is 0 Å². The zero-order chi connectivity index (χ0) is 18.7. The van der Waals surface area contributed by atoms with Gasteiger partial charge in [0, 0.05) is 24.3 Å². The Hall–Kier alpha value is -3.06. The van der Waals surface area contributed by atoms with Gasteiger partial charge in [-0.15, -0.1) is 0 Å². The molecule has 1 amide bonds. The molecule has 134 valence electrons. The van der Waals surface area contributed by atoms with E-state index in [2.05, 4.69) is 6.08 Å². The minimum absolute atomic E-state index is 0.0125. The number of phenols is 1. The number of carbonyl (C=O) groups is 1. The third-order valence-electron chi connectivity index (χ3n) is 3.95. The lowest BCUT2D eigenvalue weighted by Crippen LogP contribution is -2.23. The summed E-state index contributed by atoms with van der Waals surface area (Å²) in [5.41, 5.74) is 0.549. The molecule has 0 fully saturated rings. The Morgan fingerprint density at radius 1 is 1.42 bits per heavy atom. The number of amides is 1. The summed E-state index contributed by atoms with van der Waals surface area (Å²) in [5, 5.41) is 20.4. The van der Waals surface area contributed by atoms with Crippen molar-refractivity contribution in [1.29, 1.82) is 0 Å². The van der Waals surface area contributed by atoms with Crippen LogP contribution in [0, 0.1) is 10.1 Å². The first kappa shape index (κ1) is 17.8. The van der Waals surface area contributed by atoms with Crippen LogP contribution in [0.2, 0.25) is 5.02 Å². The highest BCUT2D eigenvalue weighted by atomic mass is 35.5. The summed E-state index contributed by atoms with van der Waals surface area (Å²) in [6.07, 6.45) is 12.9. The molecule has 7 nitrogen and oxygen atoms in total. The Morgan fingerprint density at radius 2 is 2.23 bits per heavy atom. The molecule has 0 atom stereocenters. The van der Waals surface area contributed by atoms with Crippen LogP contribution in [0.3, 0.4) is 0 Å². The summed E-state index contributed by atoms with van der Waals surface area (Å²) in [6.45, 7) is 0. The summed E-state index contributed by atoms with van der Waals surface area (Å²) >= 11 is 5.81. The molecule has 1 aliphatic carbocycles. The molecule has 0 aromatic heterocycles. The number of hydrogen-bond acceptors (Lipinski definition) is 5. The van der Waals surface area contributed by atoms with Gasteiger partial charge in [0.05, 0.1) is 16.1 Å². The number of aromatic hydroxyl groups is 1. The minimum atomic E-state index is -0.794. The SMILES string of the molecule is O=C(c1cc(Cl)c(O)c([N+](=O)[O-])c1)N1C=COC(CC2=CC=CCC2)=C1. The normalized spacial score (nSPS) is 16.0. The number of nitro benzene ring substituents is 1. The highest BCUT2D eigenvalue weighted by Gasteiger charge is 2.24. The first-order valence-corrected chi connectivity index (χ1v) is 8.21. The van der Waals surface area contributed by atoms with E-state index in [4.69, 9.17) is 16.3 Å². The highest BCUT2D eigenvalue weighted by Crippen LogP contribution is 2.35. The van der Waals surface area contributed by atoms with E-state index in [9.17, 15) is 20.0 Å². The van der Waals surface area contributed by atoms with Crippen molar-refractivity contribution in [3.63, 3.8) is 0 Å². The second-order valence-electron chi connectivity index (χ2n) is 5.76. The van der Waals surface area contributed by atoms with E-state index in [0.29, 0.717) is 12.2 Å². The summed E-state index contributed by atoms with van der Waals surface area (Å²) in [4.78, 5) is 24.1. The number of rotatable bonds is 4. The van der Waals surface area contributed by atoms with Gasteiger partial charge in [-0.05, 0) is 18.9 Å². The molecule has 0 spiro atoms. The van der Waals surface area contributed by atoms with Gasteiger partial charge in [0.15, 0.2) is 0 Å². The molecular formula is C18H15ClN2O5. The van der Waals surface area contributed by atoms with Gasteiger partial charge < -0.3 is 9.84 Å². The Morgan fingerprint density at radius 3 is 2.92 bits per heavy atom. The summed E-state index contributed by atoms with van der Waals surface area (Å²) < 4.78 is 5.45. The van der Waals surface area contributed by atoms with Crippen LogP contribution >= 0.6 is 11.6 Å². The molecule has 8 heteroatoms. The second-order valence-corrected chi connectivity index (χ2v) is 6.17. The number of benzene rings is 1. The quantitative estimate of drug-likeness (QED) is 0.622. The topological polar surface area (TPSA) is 92.9 Å². The van der Waals surface area contributed by atoms with E-state index in [0.717, 1.165) is 18.9 Å². The second kappa shape index (κ2) is 7.45. The van der Waals surface area contributed by atoms with Gasteiger partial charge in [-0.25, -0.2) is 0 Å². The first-order chi connectivity index (χ1) is 12.5. The molecular weight excluding hydrogens is 360 g/mol. The van der Waals surface area contributed by atoms with Gasteiger partial charge in [-0.2, -0.15) is 0 Å². The fraction of sp³-hybridized carbons (Fsp3) is 0.167. The van der Waals surface area contributed by atoms with Crippen molar-refractivity contribution in [2.24, 2.45) is 0 Å². The van der Waals surface area contributed by atoms with Crippen LogP contribution in [0.15, 0.2) is 60.4 Å². The number of nitro groups is 1. The largest absolute Gasteiger partial charge is 0.501 e. The molecule has 1 N–H and O–H groups in total. The average molecular weight is 375 g/mol. The van der Waals surface area contributed by atoms with Crippen LogP contribution < -0.4 is 0 Å². The van der Waals surface area contributed by atoms with E-state index in [1.165, 1.54) is 35.2 Å². The number of carbonyl (C=O) groups excluding carboxylic acids is 1. The van der Waals surface area contributed by atoms with Crippen molar-refractivity contribution in [1.82, 2.24) is 4.90 Å². The molecule has 1 heterocycles. The Labute approximate surface area is 154 Å². The average Bonchev–Trinajstić information content (AvgIpc) is 2.64. The van der Waals surface area contributed by atoms with Crippen LogP contribution in [0.5, 0.6) is 5.75 Å². The molecule has 0 radical (unpaired) electrons. The Kier molecular flexibility index (Phi) is 5.09. The van der Waals surface area contributed by atoms with Gasteiger partial charge in [0.2, 0.25) is 5.75 Å². The Bertz CT molecular complexity index is 886. The Balaban J connectivity index is 1.84. The molecule has 2 aliphatic rings. The fourth-order valence-corrected chi connectivity index (χ4v) is 2.86. The lowest BCUT2D eigenvalue weighted by Gasteiger charge is -2.21. The third kappa shape index (κ3) is 3.78. The number of allylic oxidation sites excluding steroid dienone is 4. The maximum atomic E-state index is 12.7. The first-order valence-electron chi connectivity index (χ1n) is 7.84. The zero-order valence-electron chi connectivity index (χ0n) is 13.6. The number of hydrogen-bond donors (Lipinski definition) is 1. The molecule has 1 aliphatic heterocycles. The van der Waals surface area contributed by atoms with Crippen molar-refractivity contribution in [3.8, 4) is 5.75 Å². The highest BCUT2D eigenvalue weighted by molar-refractivity contribution is 6.32. The van der Waals surface area contributed by atoms with E-state index >= 15 is 0 Å². The third-order valence-corrected chi connectivity index (χ3v) is 4.23. The van der Waals surface area contributed by atoms with Crippen molar-refractivity contribution in [2.75, 3.05) is 0 Å². The van der Waals surface area contributed by atoms with Crippen molar-refractivity contribution < 1.29 is 19.6 Å². The minimum Gasteiger partial charge on any atom is -0.501 e. The molecule has 1 aromatic carbocycles. The fourth-order valence-electron chi connectivity index (χ4n) is 2.65. The van der Waals surface area contributed by atoms with Crippen LogP contribution in [0.4, 0.5) is 5.69 Å². The number of ether oxygens (including phenoxy) is 1. The molecule has 0 saturated heterocycles. The van der Waals surface area contributed by atoms with Crippen LogP contribution in [-0.4, -0.2) is 20.8 Å². The van der Waals surface area contributed by atoms with Gasteiger partial charge in [0.1, 0.15) is 12.0 Å². The van der Waals surface area contributed by atoms with Crippen molar-refractivity contribution in [3.05, 3.63) is 81.1 Å². The number of nitrogens with zero attached hydrogens (tertiary/aromatic N) is 2. The standard InChI is InChI=1S/C18H15ClN2O5/c19-15-9-13(10-16(17(15)22)21(24)25)18(23)20-6-7-26-14(11-20)8-12-4-2-1-3-5-12/h1-2,4,6-7,9-11,22H,3,5,8H2. The molecule has 0 saturated carbocycles. The van der Waals surface area contributed by atoms with Gasteiger partial charge in [-0.1, -0.05) is 35.4 Å². The predicted molar refractivity (Wildman–Crippen MR) is 95.3 cm³/mol.